The Morgan fingerprint density at radius 2 is 1.69 bits per heavy atom. The van der Waals surface area contributed by atoms with Gasteiger partial charge in [0.2, 0.25) is 0 Å². The normalized spacial score (nSPS) is 20.4. The molecule has 3 nitrogen and oxygen atoms in total. The number of benzene rings is 1. The van der Waals surface area contributed by atoms with Gasteiger partial charge in [-0.3, -0.25) is 4.79 Å². The second kappa shape index (κ2) is 12.2. The third-order valence-electron chi connectivity index (χ3n) is 5.45. The molecule has 0 N–H and O–H groups in total. The van der Waals surface area contributed by atoms with Gasteiger partial charge in [0, 0.05) is 0 Å². The van der Waals surface area contributed by atoms with Crippen LogP contribution in [0.1, 0.15) is 71.6 Å². The van der Waals surface area contributed by atoms with Gasteiger partial charge in [-0.1, -0.05) is 52.0 Å². The molecule has 1 saturated carbocycles. The summed E-state index contributed by atoms with van der Waals surface area (Å²) in [5, 5.41) is 0. The molecule has 1 aromatic rings. The third kappa shape index (κ3) is 7.53. The molecule has 0 radical (unpaired) electrons. The topological polar surface area (TPSA) is 35.5 Å². The lowest BCUT2D eigenvalue weighted by Gasteiger charge is -2.27. The van der Waals surface area contributed by atoms with Crippen LogP contribution in [0.15, 0.2) is 24.3 Å². The fourth-order valence-electron chi connectivity index (χ4n) is 3.68. The second-order valence-electron chi connectivity index (χ2n) is 7.66. The minimum absolute atomic E-state index is 0.0542. The molecule has 0 amide bonds. The van der Waals surface area contributed by atoms with E-state index in [1.807, 2.05) is 24.3 Å². The maximum atomic E-state index is 12.4. The van der Waals surface area contributed by atoms with Gasteiger partial charge in [0.15, 0.2) is 0 Å². The van der Waals surface area contributed by atoms with Crippen molar-refractivity contribution in [3.8, 4) is 11.5 Å². The SMILES string of the molecule is CCCCCC[C@H]1CC[C@H](C(=O)Oc2ccc(OC[SiH2]CC)cc2)CC1. The van der Waals surface area contributed by atoms with E-state index in [2.05, 4.69) is 13.8 Å². The summed E-state index contributed by atoms with van der Waals surface area (Å²) >= 11 is 0. The highest BCUT2D eigenvalue weighted by atomic mass is 28.2. The minimum atomic E-state index is -0.0841. The number of hydrogen-bond donors (Lipinski definition) is 0. The largest absolute Gasteiger partial charge is 0.498 e. The molecule has 1 aliphatic carbocycles. The van der Waals surface area contributed by atoms with E-state index in [-0.39, 0.29) is 21.4 Å². The van der Waals surface area contributed by atoms with E-state index in [1.54, 1.807) is 0 Å². The Bertz CT molecular complexity index is 507. The van der Waals surface area contributed by atoms with E-state index in [9.17, 15) is 4.79 Å². The Kier molecular flexibility index (Phi) is 9.83. The zero-order valence-electron chi connectivity index (χ0n) is 16.7. The number of carbonyl (C=O) groups excluding carboxylic acids is 1. The highest BCUT2D eigenvalue weighted by Gasteiger charge is 2.27. The number of esters is 1. The second-order valence-corrected chi connectivity index (χ2v) is 9.78. The van der Waals surface area contributed by atoms with Gasteiger partial charge in [-0.15, -0.1) is 0 Å². The molecule has 1 aliphatic rings. The Morgan fingerprint density at radius 1 is 1.00 bits per heavy atom. The fraction of sp³-hybridized carbons (Fsp3) is 0.682. The molecule has 0 heterocycles. The van der Waals surface area contributed by atoms with Gasteiger partial charge in [0.05, 0.1) is 21.7 Å². The highest BCUT2D eigenvalue weighted by Crippen LogP contribution is 2.33. The van der Waals surface area contributed by atoms with Crippen LogP contribution in [-0.4, -0.2) is 21.7 Å². The molecule has 146 valence electrons. The van der Waals surface area contributed by atoms with Crippen molar-refractivity contribution in [2.45, 2.75) is 77.7 Å². The third-order valence-corrected chi connectivity index (χ3v) is 6.65. The monoisotopic (exact) mass is 376 g/mol. The summed E-state index contributed by atoms with van der Waals surface area (Å²) in [6.07, 6.45) is 11.9. The van der Waals surface area contributed by atoms with Crippen LogP contribution in [-0.2, 0) is 4.79 Å². The van der Waals surface area contributed by atoms with Gasteiger partial charge in [-0.2, -0.15) is 0 Å². The zero-order valence-corrected chi connectivity index (χ0v) is 18.1. The summed E-state index contributed by atoms with van der Waals surface area (Å²) in [5.41, 5.74) is 0. The van der Waals surface area contributed by atoms with Crippen molar-refractivity contribution >= 4 is 15.5 Å². The smallest absolute Gasteiger partial charge is 0.314 e. The van der Waals surface area contributed by atoms with E-state index < -0.39 is 0 Å². The van der Waals surface area contributed by atoms with Crippen molar-refractivity contribution in [3.05, 3.63) is 24.3 Å². The van der Waals surface area contributed by atoms with Crippen LogP contribution in [0.4, 0.5) is 0 Å². The first kappa shape index (κ1) is 21.0. The van der Waals surface area contributed by atoms with Crippen molar-refractivity contribution < 1.29 is 14.3 Å². The Balaban J connectivity index is 1.68. The molecule has 2 rings (SSSR count). The van der Waals surface area contributed by atoms with Crippen LogP contribution in [0.2, 0.25) is 6.04 Å². The molecule has 26 heavy (non-hydrogen) atoms. The molecule has 0 unspecified atom stereocenters. The predicted molar refractivity (Wildman–Crippen MR) is 111 cm³/mol. The Morgan fingerprint density at radius 3 is 2.35 bits per heavy atom. The maximum absolute atomic E-state index is 12.4. The highest BCUT2D eigenvalue weighted by molar-refractivity contribution is 6.35. The molecule has 1 fully saturated rings. The first-order valence-corrected chi connectivity index (χ1v) is 12.7. The summed E-state index contributed by atoms with van der Waals surface area (Å²) in [6.45, 7) is 4.46. The molecule has 0 bridgehead atoms. The van der Waals surface area contributed by atoms with Crippen LogP contribution in [0.3, 0.4) is 0 Å². The van der Waals surface area contributed by atoms with Crippen molar-refractivity contribution in [3.63, 3.8) is 0 Å². The van der Waals surface area contributed by atoms with Gasteiger partial charge in [-0.25, -0.2) is 0 Å². The van der Waals surface area contributed by atoms with Gasteiger partial charge in [-0.05, 0) is 55.9 Å². The Labute approximate surface area is 161 Å². The van der Waals surface area contributed by atoms with E-state index in [0.29, 0.717) is 5.75 Å². The summed E-state index contributed by atoms with van der Waals surface area (Å²) in [6, 6.07) is 8.76. The minimum Gasteiger partial charge on any atom is -0.498 e. The van der Waals surface area contributed by atoms with E-state index in [4.69, 9.17) is 9.47 Å². The number of ether oxygens (including phenoxy) is 2. The standard InChI is InChI=1S/C22H36O3Si/c1-3-5-6-7-8-18-9-11-19(12-10-18)22(23)25-21-15-13-20(14-16-21)24-17-26-4-2/h13-16,18-19H,3-12,17,26H2,1-2H3/t18-,19-. The molecule has 0 atom stereocenters. The molecular formula is C22H36O3Si. The number of hydrogen-bond acceptors (Lipinski definition) is 3. The molecule has 0 spiro atoms. The predicted octanol–water partition coefficient (Wildman–Crippen LogP) is 5.31. The van der Waals surface area contributed by atoms with Crippen LogP contribution < -0.4 is 9.47 Å². The molecule has 0 saturated heterocycles. The van der Waals surface area contributed by atoms with E-state index >= 15 is 0 Å². The molecule has 0 aliphatic heterocycles. The van der Waals surface area contributed by atoms with Gasteiger partial charge in [0.25, 0.3) is 0 Å². The molecule has 0 aromatic heterocycles. The van der Waals surface area contributed by atoms with Crippen LogP contribution in [0.5, 0.6) is 11.5 Å². The van der Waals surface area contributed by atoms with Crippen LogP contribution in [0.25, 0.3) is 0 Å². The van der Waals surface area contributed by atoms with Gasteiger partial charge in [0.1, 0.15) is 11.5 Å². The summed E-state index contributed by atoms with van der Waals surface area (Å²) in [7, 11) is -0.0841. The van der Waals surface area contributed by atoms with Crippen molar-refractivity contribution in [1.82, 2.24) is 0 Å². The molecule has 1 aromatic carbocycles. The van der Waals surface area contributed by atoms with Crippen molar-refractivity contribution in [2.75, 3.05) is 6.23 Å². The zero-order chi connectivity index (χ0) is 18.6. The summed E-state index contributed by atoms with van der Waals surface area (Å²) in [5.74, 6) is 2.35. The van der Waals surface area contributed by atoms with E-state index in [0.717, 1.165) is 30.7 Å². The van der Waals surface area contributed by atoms with Crippen molar-refractivity contribution in [1.29, 1.82) is 0 Å². The lowest BCUT2D eigenvalue weighted by atomic mass is 9.80. The summed E-state index contributed by atoms with van der Waals surface area (Å²) in [4.78, 5) is 12.4. The number of unbranched alkanes of at least 4 members (excludes halogenated alkanes) is 3. The number of rotatable bonds is 11. The first-order valence-electron chi connectivity index (χ1n) is 10.7. The maximum Gasteiger partial charge on any atom is 0.314 e. The Hall–Kier alpha value is -1.29. The van der Waals surface area contributed by atoms with Crippen LogP contribution >= 0.6 is 0 Å². The quantitative estimate of drug-likeness (QED) is 0.227. The van der Waals surface area contributed by atoms with Crippen LogP contribution in [0, 0.1) is 11.8 Å². The average Bonchev–Trinajstić information content (AvgIpc) is 2.67. The van der Waals surface area contributed by atoms with Gasteiger partial charge >= 0.3 is 5.97 Å². The number of carbonyl (C=O) groups is 1. The summed E-state index contributed by atoms with van der Waals surface area (Å²) < 4.78 is 11.3. The van der Waals surface area contributed by atoms with Crippen molar-refractivity contribution in [2.24, 2.45) is 11.8 Å². The molecule has 4 heteroatoms. The average molecular weight is 377 g/mol. The lowest BCUT2D eigenvalue weighted by molar-refractivity contribution is -0.140. The van der Waals surface area contributed by atoms with E-state index in [1.165, 1.54) is 51.0 Å². The fourth-order valence-corrected chi connectivity index (χ4v) is 4.35. The van der Waals surface area contributed by atoms with Gasteiger partial charge < -0.3 is 9.47 Å². The molecular weight excluding hydrogens is 340 g/mol. The first-order chi connectivity index (χ1) is 12.7. The lowest BCUT2D eigenvalue weighted by Crippen LogP contribution is -2.25.